The van der Waals surface area contributed by atoms with Crippen LogP contribution in [0, 0.1) is 5.82 Å². The molecule has 4 nitrogen and oxygen atoms in total. The van der Waals surface area contributed by atoms with Crippen LogP contribution in [0.4, 0.5) is 4.39 Å². The molecule has 2 aliphatic heterocycles. The molecule has 2 fully saturated rings. The van der Waals surface area contributed by atoms with E-state index in [0.717, 1.165) is 31.7 Å². The zero-order valence-electron chi connectivity index (χ0n) is 12.1. The molecule has 0 spiro atoms. The number of sulfonamides is 1. The van der Waals surface area contributed by atoms with Gasteiger partial charge >= 0.3 is 0 Å². The van der Waals surface area contributed by atoms with Gasteiger partial charge in [-0.25, -0.2) is 12.8 Å². The van der Waals surface area contributed by atoms with Crippen LogP contribution < -0.4 is 5.32 Å². The SMILES string of the molecule is CN(C1CC2CCC(C1)N2)S(=O)(=O)c1cc(Cl)ccc1F.Cl. The lowest BCUT2D eigenvalue weighted by Crippen LogP contribution is -2.48. The molecule has 0 amide bonds. The summed E-state index contributed by atoms with van der Waals surface area (Å²) in [6.07, 6.45) is 3.71. The molecule has 2 unspecified atom stereocenters. The van der Waals surface area contributed by atoms with Gasteiger partial charge in [0.2, 0.25) is 10.0 Å². The van der Waals surface area contributed by atoms with Crippen LogP contribution >= 0.6 is 24.0 Å². The molecule has 2 bridgehead atoms. The van der Waals surface area contributed by atoms with Crippen molar-refractivity contribution in [3.8, 4) is 0 Å². The van der Waals surface area contributed by atoms with Gasteiger partial charge in [-0.2, -0.15) is 4.31 Å². The Kier molecular flexibility index (Phi) is 5.39. The minimum atomic E-state index is -3.86. The predicted octanol–water partition coefficient (Wildman–Crippen LogP) is 2.80. The standard InChI is InChI=1S/C14H18ClFN2O2S.ClH/c1-18(12-7-10-3-4-11(8-12)17-10)21(19,20)14-6-9(15)2-5-13(14)16;/h2,5-6,10-12,17H,3-4,7-8H2,1H3;1H. The number of nitrogens with zero attached hydrogens (tertiary/aromatic N) is 1. The van der Waals surface area contributed by atoms with Gasteiger partial charge in [-0.3, -0.25) is 0 Å². The highest BCUT2D eigenvalue weighted by atomic mass is 35.5. The zero-order valence-corrected chi connectivity index (χ0v) is 14.5. The Morgan fingerprint density at radius 3 is 2.45 bits per heavy atom. The van der Waals surface area contributed by atoms with Gasteiger partial charge in [0, 0.05) is 30.2 Å². The van der Waals surface area contributed by atoms with Crippen molar-refractivity contribution < 1.29 is 12.8 Å². The first kappa shape index (κ1) is 17.9. The van der Waals surface area contributed by atoms with E-state index in [1.165, 1.54) is 23.5 Å². The molecule has 124 valence electrons. The zero-order chi connectivity index (χ0) is 15.2. The van der Waals surface area contributed by atoms with Crippen molar-refractivity contribution in [2.24, 2.45) is 0 Å². The van der Waals surface area contributed by atoms with E-state index in [1.807, 2.05) is 0 Å². The van der Waals surface area contributed by atoms with Crippen molar-refractivity contribution in [1.29, 1.82) is 0 Å². The Hall–Kier alpha value is -0.400. The molecule has 2 saturated heterocycles. The third kappa shape index (κ3) is 3.26. The molecule has 1 aromatic rings. The van der Waals surface area contributed by atoms with Gasteiger partial charge in [0.25, 0.3) is 0 Å². The maximum atomic E-state index is 13.9. The molecule has 2 atom stereocenters. The van der Waals surface area contributed by atoms with Crippen molar-refractivity contribution in [2.75, 3.05) is 7.05 Å². The van der Waals surface area contributed by atoms with Crippen LogP contribution in [-0.2, 0) is 10.0 Å². The molecule has 8 heteroatoms. The molecule has 0 saturated carbocycles. The second kappa shape index (κ2) is 6.61. The van der Waals surface area contributed by atoms with Gasteiger partial charge in [0.05, 0.1) is 0 Å². The monoisotopic (exact) mass is 368 g/mol. The van der Waals surface area contributed by atoms with Crippen molar-refractivity contribution in [2.45, 2.75) is 48.7 Å². The summed E-state index contributed by atoms with van der Waals surface area (Å²) in [5.41, 5.74) is 0. The summed E-state index contributed by atoms with van der Waals surface area (Å²) in [6.45, 7) is 0. The van der Waals surface area contributed by atoms with Crippen LogP contribution in [0.3, 0.4) is 0 Å². The average Bonchev–Trinajstić information content (AvgIpc) is 2.79. The molecule has 2 aliphatic rings. The summed E-state index contributed by atoms with van der Waals surface area (Å²) in [5.74, 6) is -0.761. The van der Waals surface area contributed by atoms with Crippen LogP contribution in [0.25, 0.3) is 0 Å². The minimum Gasteiger partial charge on any atom is -0.311 e. The second-order valence-electron chi connectivity index (χ2n) is 5.86. The van der Waals surface area contributed by atoms with E-state index in [9.17, 15) is 12.8 Å². The fourth-order valence-corrected chi connectivity index (χ4v) is 5.05. The molecular formula is C14H19Cl2FN2O2S. The first-order valence-electron chi connectivity index (χ1n) is 7.07. The summed E-state index contributed by atoms with van der Waals surface area (Å²) < 4.78 is 40.5. The third-order valence-electron chi connectivity index (χ3n) is 4.51. The number of rotatable bonds is 3. The average molecular weight is 369 g/mol. The van der Waals surface area contributed by atoms with E-state index in [0.29, 0.717) is 12.1 Å². The second-order valence-corrected chi connectivity index (χ2v) is 8.26. The number of fused-ring (bicyclic) bond motifs is 2. The normalized spacial score (nSPS) is 27.7. The molecule has 1 aromatic carbocycles. The van der Waals surface area contributed by atoms with E-state index in [1.54, 1.807) is 0 Å². The highest BCUT2D eigenvalue weighted by Gasteiger charge is 2.39. The van der Waals surface area contributed by atoms with Gasteiger partial charge in [0.1, 0.15) is 10.7 Å². The van der Waals surface area contributed by atoms with Gasteiger partial charge < -0.3 is 5.32 Å². The molecule has 22 heavy (non-hydrogen) atoms. The van der Waals surface area contributed by atoms with Gasteiger partial charge in [-0.1, -0.05) is 11.6 Å². The van der Waals surface area contributed by atoms with E-state index >= 15 is 0 Å². The number of nitrogens with one attached hydrogen (secondary N) is 1. The topological polar surface area (TPSA) is 49.4 Å². The van der Waals surface area contributed by atoms with Gasteiger partial charge in [-0.05, 0) is 43.9 Å². The van der Waals surface area contributed by atoms with E-state index < -0.39 is 15.8 Å². The number of halogens is 3. The van der Waals surface area contributed by atoms with Crippen LogP contribution in [0.15, 0.2) is 23.1 Å². The lowest BCUT2D eigenvalue weighted by atomic mass is 10.0. The Morgan fingerprint density at radius 2 is 1.86 bits per heavy atom. The lowest BCUT2D eigenvalue weighted by molar-refractivity contribution is 0.251. The fraction of sp³-hybridized carbons (Fsp3) is 0.571. The van der Waals surface area contributed by atoms with Crippen LogP contribution in [-0.4, -0.2) is 37.9 Å². The highest BCUT2D eigenvalue weighted by Crippen LogP contribution is 2.32. The van der Waals surface area contributed by atoms with Gasteiger partial charge in [-0.15, -0.1) is 12.4 Å². The number of piperidine rings is 1. The highest BCUT2D eigenvalue weighted by molar-refractivity contribution is 7.89. The van der Waals surface area contributed by atoms with Crippen molar-refractivity contribution >= 4 is 34.0 Å². The number of hydrogen-bond donors (Lipinski definition) is 1. The predicted molar refractivity (Wildman–Crippen MR) is 86.6 cm³/mol. The molecule has 3 rings (SSSR count). The summed E-state index contributed by atoms with van der Waals surface area (Å²) >= 11 is 5.81. The van der Waals surface area contributed by atoms with Crippen molar-refractivity contribution in [3.63, 3.8) is 0 Å². The fourth-order valence-electron chi connectivity index (χ4n) is 3.35. The Balaban J connectivity index is 0.00000176. The van der Waals surface area contributed by atoms with Gasteiger partial charge in [0.15, 0.2) is 0 Å². The van der Waals surface area contributed by atoms with E-state index in [-0.39, 0.29) is 28.4 Å². The Bertz CT molecular complexity index is 644. The summed E-state index contributed by atoms with van der Waals surface area (Å²) in [4.78, 5) is -0.344. The Labute approximate surface area is 141 Å². The van der Waals surface area contributed by atoms with Crippen LogP contribution in [0.5, 0.6) is 0 Å². The van der Waals surface area contributed by atoms with Crippen molar-refractivity contribution in [3.05, 3.63) is 29.0 Å². The van der Waals surface area contributed by atoms with Crippen molar-refractivity contribution in [1.82, 2.24) is 9.62 Å². The maximum absolute atomic E-state index is 13.9. The molecule has 1 N–H and O–H groups in total. The number of benzene rings is 1. The largest absolute Gasteiger partial charge is 0.311 e. The minimum absolute atomic E-state index is 0. The summed E-state index contributed by atoms with van der Waals surface area (Å²) in [6, 6.07) is 4.27. The molecule has 0 aromatic heterocycles. The lowest BCUT2D eigenvalue weighted by Gasteiger charge is -2.34. The summed E-state index contributed by atoms with van der Waals surface area (Å²) in [5, 5.41) is 3.69. The van der Waals surface area contributed by atoms with Crippen LogP contribution in [0.2, 0.25) is 5.02 Å². The first-order chi connectivity index (χ1) is 9.88. The van der Waals surface area contributed by atoms with Crippen LogP contribution in [0.1, 0.15) is 25.7 Å². The van der Waals surface area contributed by atoms with E-state index in [2.05, 4.69) is 5.32 Å². The quantitative estimate of drug-likeness (QED) is 0.892. The third-order valence-corrected chi connectivity index (χ3v) is 6.67. The summed E-state index contributed by atoms with van der Waals surface area (Å²) in [7, 11) is -2.33. The first-order valence-corrected chi connectivity index (χ1v) is 8.89. The molecular weight excluding hydrogens is 350 g/mol. The smallest absolute Gasteiger partial charge is 0.246 e. The van der Waals surface area contributed by atoms with E-state index in [4.69, 9.17) is 11.6 Å². The molecule has 2 heterocycles. The molecule has 0 radical (unpaired) electrons. The maximum Gasteiger partial charge on any atom is 0.246 e. The number of hydrogen-bond acceptors (Lipinski definition) is 3. The molecule has 0 aliphatic carbocycles. The Morgan fingerprint density at radius 1 is 1.27 bits per heavy atom.